The second kappa shape index (κ2) is 15.7. The second-order valence-electron chi connectivity index (χ2n) is 13.9. The predicted octanol–water partition coefficient (Wildman–Crippen LogP) is 2.94. The van der Waals surface area contributed by atoms with Crippen LogP contribution >= 0.6 is 0 Å². The average Bonchev–Trinajstić information content (AvgIpc) is 3.87. The summed E-state index contributed by atoms with van der Waals surface area (Å²) in [6, 6.07) is 6.86. The van der Waals surface area contributed by atoms with E-state index < -0.39 is 78.8 Å². The fraction of sp³-hybridized carbons (Fsp3) is 0.622. The lowest BCUT2D eigenvalue weighted by molar-refractivity contribution is -0.310. The van der Waals surface area contributed by atoms with Gasteiger partial charge in [0, 0.05) is 18.4 Å². The minimum atomic E-state index is -1.50. The monoisotopic (exact) mass is 762 g/mol. The van der Waals surface area contributed by atoms with Crippen LogP contribution in [0.3, 0.4) is 0 Å². The van der Waals surface area contributed by atoms with Gasteiger partial charge in [-0.05, 0) is 68.7 Å². The van der Waals surface area contributed by atoms with Crippen LogP contribution in [0.15, 0.2) is 24.3 Å². The molecule has 2 aromatic carbocycles. The molecule has 17 nitrogen and oxygen atoms in total. The Morgan fingerprint density at radius 2 is 1.67 bits per heavy atom. The molecule has 2 aromatic rings. The average molecular weight is 763 g/mol. The molecule has 1 aliphatic carbocycles. The van der Waals surface area contributed by atoms with Crippen molar-refractivity contribution in [3.63, 3.8) is 0 Å². The minimum absolute atomic E-state index is 0.00421. The highest BCUT2D eigenvalue weighted by Gasteiger charge is 2.55. The molecule has 5 aliphatic rings. The molecule has 4 aliphatic heterocycles. The molecule has 54 heavy (non-hydrogen) atoms. The van der Waals surface area contributed by atoms with Gasteiger partial charge in [-0.3, -0.25) is 4.79 Å². The van der Waals surface area contributed by atoms with Gasteiger partial charge in [-0.15, -0.1) is 0 Å². The molecule has 296 valence electrons. The van der Waals surface area contributed by atoms with Crippen molar-refractivity contribution in [1.29, 1.82) is 0 Å². The first kappa shape index (κ1) is 38.3. The summed E-state index contributed by atoms with van der Waals surface area (Å²) in [6.45, 7) is 7.48. The lowest BCUT2D eigenvalue weighted by Crippen LogP contribution is -2.56. The van der Waals surface area contributed by atoms with Gasteiger partial charge in [0.2, 0.25) is 12.5 Å². The van der Waals surface area contributed by atoms with Gasteiger partial charge in [0.05, 0.1) is 46.1 Å². The highest BCUT2D eigenvalue weighted by molar-refractivity contribution is 5.79. The molecule has 7 rings (SSSR count). The van der Waals surface area contributed by atoms with E-state index >= 15 is 0 Å². The number of hydrogen-bond donors (Lipinski definition) is 2. The van der Waals surface area contributed by atoms with Crippen molar-refractivity contribution in [3.8, 4) is 28.7 Å². The topological polar surface area (TPSA) is 195 Å². The highest BCUT2D eigenvalue weighted by Crippen LogP contribution is 2.57. The van der Waals surface area contributed by atoms with E-state index in [2.05, 4.69) is 0 Å². The highest BCUT2D eigenvalue weighted by atomic mass is 16.8. The lowest BCUT2D eigenvalue weighted by atomic mass is 9.66. The van der Waals surface area contributed by atoms with Crippen LogP contribution in [0.1, 0.15) is 56.4 Å². The van der Waals surface area contributed by atoms with E-state index in [0.29, 0.717) is 34.8 Å². The maximum Gasteiger partial charge on any atom is 0.514 e. The summed E-state index contributed by atoms with van der Waals surface area (Å²) in [5.74, 6) is -2.17. The van der Waals surface area contributed by atoms with Crippen LogP contribution < -0.4 is 23.7 Å². The molecule has 8 unspecified atom stereocenters. The maximum absolute atomic E-state index is 13.7. The number of aliphatic hydroxyl groups excluding tert-OH is 2. The van der Waals surface area contributed by atoms with Crippen LogP contribution in [-0.2, 0) is 42.7 Å². The Hall–Kier alpha value is -3.94. The number of hydrogen-bond acceptors (Lipinski definition) is 17. The first-order valence-corrected chi connectivity index (χ1v) is 17.8. The lowest BCUT2D eigenvalue weighted by Gasteiger charge is -2.43. The molecule has 3 fully saturated rings. The third-order valence-corrected chi connectivity index (χ3v) is 10.1. The first-order chi connectivity index (χ1) is 25.9. The maximum atomic E-state index is 13.7. The van der Waals surface area contributed by atoms with Crippen molar-refractivity contribution in [1.82, 2.24) is 0 Å². The Balaban J connectivity index is 1.19. The smallest absolute Gasteiger partial charge is 0.493 e. The summed E-state index contributed by atoms with van der Waals surface area (Å²) in [5.41, 5.74) is 1.84. The van der Waals surface area contributed by atoms with E-state index in [1.54, 1.807) is 45.0 Å². The molecule has 4 heterocycles. The van der Waals surface area contributed by atoms with Crippen LogP contribution in [0.5, 0.6) is 28.7 Å². The van der Waals surface area contributed by atoms with Crippen molar-refractivity contribution in [2.45, 2.75) is 82.5 Å². The molecule has 0 radical (unpaired) electrons. The number of methoxy groups -OCH3 is 2. The van der Waals surface area contributed by atoms with E-state index in [0.717, 1.165) is 0 Å². The minimum Gasteiger partial charge on any atom is -0.493 e. The normalized spacial score (nSPS) is 31.3. The van der Waals surface area contributed by atoms with E-state index in [9.17, 15) is 19.8 Å². The van der Waals surface area contributed by atoms with Gasteiger partial charge in [-0.2, -0.15) is 0 Å². The number of aliphatic hydroxyl groups is 2. The Morgan fingerprint density at radius 1 is 0.963 bits per heavy atom. The summed E-state index contributed by atoms with van der Waals surface area (Å²) in [7, 11) is 2.81. The van der Waals surface area contributed by atoms with Gasteiger partial charge >= 0.3 is 12.1 Å². The van der Waals surface area contributed by atoms with Gasteiger partial charge in [0.25, 0.3) is 0 Å². The number of rotatable bonds is 12. The van der Waals surface area contributed by atoms with Crippen LogP contribution in [0.4, 0.5) is 4.79 Å². The molecular formula is C37H46O17. The summed E-state index contributed by atoms with van der Waals surface area (Å²) >= 11 is 0. The molecule has 3 saturated heterocycles. The standard InChI is InChI=1S/C37H46O17/c1-7-44-17(2)51-27-15-46-35(31(39)30(27)38)52-32-21-11-24-23(48-16-49-24)10-20(21)28(29-22(32)14-45-34(29)40)18-8-25(42-5)33(26(9-18)43-6)53-36(41)47-12-19-13-50-37(3,4)54-19/h8-11,17,19,22,27-32,35,38-39H,7,12-16H2,1-6H3/t17?,19?,22?,27?,28-,29+,30?,31?,32?,35?/m1/s1. The van der Waals surface area contributed by atoms with Gasteiger partial charge in [-0.25, -0.2) is 4.79 Å². The van der Waals surface area contributed by atoms with Crippen molar-refractivity contribution >= 4 is 12.1 Å². The Labute approximate surface area is 311 Å². The van der Waals surface area contributed by atoms with Crippen molar-refractivity contribution in [2.75, 3.05) is 54.0 Å². The molecular weight excluding hydrogens is 716 g/mol. The zero-order valence-corrected chi connectivity index (χ0v) is 30.8. The van der Waals surface area contributed by atoms with Crippen molar-refractivity contribution in [3.05, 3.63) is 41.0 Å². The largest absolute Gasteiger partial charge is 0.514 e. The molecule has 0 bridgehead atoms. The molecule has 0 spiro atoms. The zero-order valence-electron chi connectivity index (χ0n) is 30.8. The van der Waals surface area contributed by atoms with E-state index in [4.69, 9.17) is 61.6 Å². The van der Waals surface area contributed by atoms with Gasteiger partial charge in [0.1, 0.15) is 31.0 Å². The van der Waals surface area contributed by atoms with Crippen molar-refractivity contribution < 1.29 is 81.4 Å². The second-order valence-corrected chi connectivity index (χ2v) is 13.9. The molecule has 0 saturated carbocycles. The Kier molecular flexibility index (Phi) is 11.1. The van der Waals surface area contributed by atoms with Crippen LogP contribution in [0.25, 0.3) is 0 Å². The number of fused-ring (bicyclic) bond motifs is 3. The SMILES string of the molecule is CCOC(C)OC1COC(OC2c3cc4c(cc3[C@@H](c3cc(OC)c(OC(=O)OCC5COC(C)(C)O5)c(OC)c3)[C@H]3C(=O)OCC23)OCO4)C(O)C1O. The van der Waals surface area contributed by atoms with Crippen LogP contribution in [-0.4, -0.2) is 119 Å². The molecule has 0 amide bonds. The number of cyclic esters (lactones) is 1. The predicted molar refractivity (Wildman–Crippen MR) is 180 cm³/mol. The van der Waals surface area contributed by atoms with Crippen molar-refractivity contribution in [2.24, 2.45) is 11.8 Å². The van der Waals surface area contributed by atoms with Crippen LogP contribution in [0.2, 0.25) is 0 Å². The number of esters is 1. The fourth-order valence-corrected chi connectivity index (χ4v) is 7.66. The molecule has 0 aromatic heterocycles. The third kappa shape index (κ3) is 7.51. The number of carbonyl (C=O) groups is 2. The van der Waals surface area contributed by atoms with Gasteiger partial charge in [0.15, 0.2) is 41.4 Å². The third-order valence-electron chi connectivity index (χ3n) is 10.1. The first-order valence-electron chi connectivity index (χ1n) is 17.8. The summed E-state index contributed by atoms with van der Waals surface area (Å²) in [5, 5.41) is 22.2. The quantitative estimate of drug-likeness (QED) is 0.182. The Bertz CT molecular complexity index is 1670. The van der Waals surface area contributed by atoms with Crippen LogP contribution in [0, 0.1) is 11.8 Å². The summed E-state index contributed by atoms with van der Waals surface area (Å²) < 4.78 is 74.2. The fourth-order valence-electron chi connectivity index (χ4n) is 7.66. The molecule has 17 heteroatoms. The summed E-state index contributed by atoms with van der Waals surface area (Å²) in [4.78, 5) is 26.5. The molecule has 2 N–H and O–H groups in total. The van der Waals surface area contributed by atoms with E-state index in [-0.39, 0.29) is 50.5 Å². The zero-order chi connectivity index (χ0) is 38.3. The Morgan fingerprint density at radius 3 is 2.31 bits per heavy atom. The number of carbonyl (C=O) groups excluding carboxylic acids is 2. The molecule has 10 atom stereocenters. The van der Waals surface area contributed by atoms with Gasteiger partial charge < -0.3 is 71.8 Å². The van der Waals surface area contributed by atoms with E-state index in [1.807, 2.05) is 6.92 Å². The van der Waals surface area contributed by atoms with E-state index in [1.165, 1.54) is 14.2 Å². The number of benzene rings is 2. The van der Waals surface area contributed by atoms with Gasteiger partial charge in [-0.1, -0.05) is 0 Å². The number of ether oxygens (including phenoxy) is 13. The summed E-state index contributed by atoms with van der Waals surface area (Å²) in [6.07, 6.45) is -7.97.